The average Bonchev–Trinajstić information content (AvgIpc) is 3.23. The Morgan fingerprint density at radius 3 is 2.71 bits per heavy atom. The quantitative estimate of drug-likeness (QED) is 0.288. The SMILES string of the molecule is CO[C@@H](C)C(=O)N1N=C(c2cc(F)ccc2F)SC1(CCCNC(N)=C[N+](=O)[O-])c1ccccc1. The summed E-state index contributed by atoms with van der Waals surface area (Å²) in [6.07, 6.45) is 0.526. The van der Waals surface area contributed by atoms with Crippen molar-refractivity contribution < 1.29 is 23.2 Å². The summed E-state index contributed by atoms with van der Waals surface area (Å²) >= 11 is 1.13. The van der Waals surface area contributed by atoms with Crippen LogP contribution >= 0.6 is 11.8 Å². The molecule has 1 unspecified atom stereocenters. The number of amides is 1. The minimum atomic E-state index is -1.11. The van der Waals surface area contributed by atoms with E-state index < -0.39 is 33.4 Å². The molecule has 1 amide bonds. The average molecular weight is 506 g/mol. The van der Waals surface area contributed by atoms with Crippen LogP contribution in [0, 0.1) is 21.7 Å². The van der Waals surface area contributed by atoms with Gasteiger partial charge in [0.2, 0.25) is 0 Å². The number of nitro groups is 1. The molecule has 186 valence electrons. The number of hydrazone groups is 1. The van der Waals surface area contributed by atoms with Crippen molar-refractivity contribution in [1.82, 2.24) is 10.3 Å². The first-order valence-electron chi connectivity index (χ1n) is 10.7. The molecule has 1 heterocycles. The van der Waals surface area contributed by atoms with Gasteiger partial charge < -0.3 is 15.8 Å². The second kappa shape index (κ2) is 11.3. The standard InChI is InChI=1S/C23H25F2N5O4S/c1-15(34-2)22(31)30-23(16-7-4-3-5-8-16,11-6-12-27-20(26)14-29(32)33)35-21(28-30)18-13-17(24)9-10-19(18)25/h3-5,7-10,13-15,27H,6,11-12,26H2,1-2H3/t15-,23?/m0/s1. The van der Waals surface area contributed by atoms with Crippen LogP contribution in [-0.4, -0.2) is 40.6 Å². The lowest BCUT2D eigenvalue weighted by atomic mass is 9.99. The van der Waals surface area contributed by atoms with Crippen LogP contribution in [0.15, 0.2) is 65.7 Å². The van der Waals surface area contributed by atoms with E-state index in [1.165, 1.54) is 12.1 Å². The van der Waals surface area contributed by atoms with Gasteiger partial charge in [0.05, 0.1) is 4.92 Å². The van der Waals surface area contributed by atoms with Gasteiger partial charge in [-0.1, -0.05) is 42.1 Å². The van der Waals surface area contributed by atoms with Gasteiger partial charge in [-0.3, -0.25) is 14.9 Å². The van der Waals surface area contributed by atoms with Gasteiger partial charge in [-0.15, -0.1) is 0 Å². The van der Waals surface area contributed by atoms with Crippen molar-refractivity contribution in [3.05, 3.63) is 93.4 Å². The molecule has 2 aromatic rings. The Kier molecular flexibility index (Phi) is 8.41. The molecule has 1 aliphatic heterocycles. The zero-order valence-corrected chi connectivity index (χ0v) is 19.9. The molecule has 35 heavy (non-hydrogen) atoms. The van der Waals surface area contributed by atoms with Crippen LogP contribution < -0.4 is 11.1 Å². The molecule has 3 rings (SSSR count). The molecule has 0 saturated heterocycles. The van der Waals surface area contributed by atoms with Crippen molar-refractivity contribution >= 4 is 22.7 Å². The smallest absolute Gasteiger partial charge is 0.273 e. The fourth-order valence-electron chi connectivity index (χ4n) is 3.57. The monoisotopic (exact) mass is 505 g/mol. The Morgan fingerprint density at radius 1 is 1.34 bits per heavy atom. The maximum atomic E-state index is 14.7. The number of carbonyl (C=O) groups is 1. The molecule has 1 aliphatic rings. The maximum Gasteiger partial charge on any atom is 0.273 e. The number of ether oxygens (including phenoxy) is 1. The Labute approximate surface area is 205 Å². The zero-order chi connectivity index (χ0) is 25.6. The van der Waals surface area contributed by atoms with E-state index in [0.717, 1.165) is 30.0 Å². The normalized spacial score (nSPS) is 18.8. The van der Waals surface area contributed by atoms with E-state index in [-0.39, 0.29) is 23.0 Å². The number of nitrogens with one attached hydrogen (secondary N) is 1. The van der Waals surface area contributed by atoms with Crippen LogP contribution in [0.2, 0.25) is 0 Å². The van der Waals surface area contributed by atoms with Crippen molar-refractivity contribution in [2.75, 3.05) is 13.7 Å². The molecular weight excluding hydrogens is 480 g/mol. The van der Waals surface area contributed by atoms with Gasteiger partial charge in [-0.05, 0) is 43.5 Å². The number of carbonyl (C=O) groups excluding carboxylic acids is 1. The third-order valence-corrected chi connectivity index (χ3v) is 6.80. The van der Waals surface area contributed by atoms with E-state index in [0.29, 0.717) is 24.6 Å². The van der Waals surface area contributed by atoms with E-state index in [2.05, 4.69) is 10.4 Å². The summed E-state index contributed by atoms with van der Waals surface area (Å²) in [5.41, 5.74) is 6.25. The van der Waals surface area contributed by atoms with Gasteiger partial charge in [0.15, 0.2) is 5.82 Å². The summed E-state index contributed by atoms with van der Waals surface area (Å²) in [5.74, 6) is -1.88. The third kappa shape index (κ3) is 5.95. The van der Waals surface area contributed by atoms with E-state index in [1.807, 2.05) is 18.2 Å². The van der Waals surface area contributed by atoms with Crippen molar-refractivity contribution in [2.45, 2.75) is 30.7 Å². The summed E-state index contributed by atoms with van der Waals surface area (Å²) in [6.45, 7) is 1.83. The predicted molar refractivity (Wildman–Crippen MR) is 128 cm³/mol. The first-order valence-corrected chi connectivity index (χ1v) is 11.5. The van der Waals surface area contributed by atoms with Crippen molar-refractivity contribution in [1.29, 1.82) is 0 Å². The molecule has 0 bridgehead atoms. The van der Waals surface area contributed by atoms with Gasteiger partial charge >= 0.3 is 0 Å². The number of benzene rings is 2. The highest BCUT2D eigenvalue weighted by molar-refractivity contribution is 8.15. The Bertz CT molecular complexity index is 1150. The van der Waals surface area contributed by atoms with Crippen LogP contribution in [0.25, 0.3) is 0 Å². The lowest BCUT2D eigenvalue weighted by Gasteiger charge is -2.37. The maximum absolute atomic E-state index is 14.7. The molecule has 0 aromatic heterocycles. The van der Waals surface area contributed by atoms with Crippen LogP contribution in [0.5, 0.6) is 0 Å². The molecule has 0 radical (unpaired) electrons. The van der Waals surface area contributed by atoms with Crippen LogP contribution in [0.3, 0.4) is 0 Å². The number of nitrogens with zero attached hydrogens (tertiary/aromatic N) is 3. The molecular formula is C23H25F2N5O4S. The third-order valence-electron chi connectivity index (χ3n) is 5.36. The van der Waals surface area contributed by atoms with E-state index in [1.54, 1.807) is 19.1 Å². The fraction of sp³-hybridized carbons (Fsp3) is 0.304. The summed E-state index contributed by atoms with van der Waals surface area (Å²) < 4.78 is 33.8. The lowest BCUT2D eigenvalue weighted by Crippen LogP contribution is -2.46. The number of rotatable bonds is 10. The Hall–Kier alpha value is -3.51. The van der Waals surface area contributed by atoms with Crippen LogP contribution in [0.1, 0.15) is 30.9 Å². The van der Waals surface area contributed by atoms with Gasteiger partial charge in [0.25, 0.3) is 12.1 Å². The first-order chi connectivity index (χ1) is 16.7. The first kappa shape index (κ1) is 26.1. The second-order valence-corrected chi connectivity index (χ2v) is 8.98. The van der Waals surface area contributed by atoms with E-state index in [9.17, 15) is 23.7 Å². The molecule has 9 nitrogen and oxygen atoms in total. The molecule has 3 N–H and O–H groups in total. The van der Waals surface area contributed by atoms with Gasteiger partial charge in [-0.2, -0.15) is 5.10 Å². The molecule has 0 aliphatic carbocycles. The number of nitrogens with two attached hydrogens (primary N) is 1. The molecule has 2 atom stereocenters. The van der Waals surface area contributed by atoms with Gasteiger partial charge in [0, 0.05) is 19.2 Å². The molecule has 0 fully saturated rings. The molecule has 12 heteroatoms. The van der Waals surface area contributed by atoms with E-state index in [4.69, 9.17) is 10.5 Å². The summed E-state index contributed by atoms with van der Waals surface area (Å²) in [4.78, 5) is 22.2. The van der Waals surface area contributed by atoms with Gasteiger partial charge in [-0.25, -0.2) is 13.8 Å². The highest BCUT2D eigenvalue weighted by Crippen LogP contribution is 2.50. The Morgan fingerprint density at radius 2 is 2.06 bits per heavy atom. The zero-order valence-electron chi connectivity index (χ0n) is 19.1. The highest BCUT2D eigenvalue weighted by atomic mass is 32.2. The molecule has 0 saturated carbocycles. The summed E-state index contributed by atoms with van der Waals surface area (Å²) in [5, 5.41) is 19.2. The topological polar surface area (TPSA) is 123 Å². The molecule has 2 aromatic carbocycles. The number of methoxy groups -OCH3 is 1. The molecule has 0 spiro atoms. The largest absolute Gasteiger partial charge is 0.380 e. The summed E-state index contributed by atoms with van der Waals surface area (Å²) in [6, 6.07) is 12.1. The van der Waals surface area contributed by atoms with Gasteiger partial charge in [0.1, 0.15) is 27.7 Å². The van der Waals surface area contributed by atoms with Crippen molar-refractivity contribution in [3.8, 4) is 0 Å². The summed E-state index contributed by atoms with van der Waals surface area (Å²) in [7, 11) is 1.39. The van der Waals surface area contributed by atoms with Crippen LogP contribution in [0.4, 0.5) is 8.78 Å². The highest BCUT2D eigenvalue weighted by Gasteiger charge is 2.49. The van der Waals surface area contributed by atoms with E-state index >= 15 is 0 Å². The lowest BCUT2D eigenvalue weighted by molar-refractivity contribution is -0.403. The number of halogens is 2. The van der Waals surface area contributed by atoms with Crippen molar-refractivity contribution in [3.63, 3.8) is 0 Å². The van der Waals surface area contributed by atoms with Crippen molar-refractivity contribution in [2.24, 2.45) is 10.8 Å². The number of hydrogen-bond acceptors (Lipinski definition) is 8. The number of hydrogen-bond donors (Lipinski definition) is 2. The minimum Gasteiger partial charge on any atom is -0.380 e. The van der Waals surface area contributed by atoms with Crippen LogP contribution in [-0.2, 0) is 14.4 Å². The fourth-order valence-corrected chi connectivity index (χ4v) is 4.99. The Balaban J connectivity index is 2.01. The minimum absolute atomic E-state index is 0.0630. The predicted octanol–water partition coefficient (Wildman–Crippen LogP) is 3.49. The second-order valence-electron chi connectivity index (χ2n) is 7.71. The number of thioether (sulfide) groups is 1.